The van der Waals surface area contributed by atoms with Gasteiger partial charge in [-0.1, -0.05) is 0 Å². The Labute approximate surface area is 117 Å². The molecule has 0 saturated carbocycles. The summed E-state index contributed by atoms with van der Waals surface area (Å²) in [6, 6.07) is 0. The normalized spacial score (nSPS) is 28.1. The molecule has 1 N–H and O–H groups in total. The first-order valence-corrected chi connectivity index (χ1v) is 8.69. The second-order valence-electron chi connectivity index (χ2n) is 4.94. The van der Waals surface area contributed by atoms with Gasteiger partial charge in [0.1, 0.15) is 11.1 Å². The number of hydrogen-bond donors (Lipinski definition) is 1. The van der Waals surface area contributed by atoms with Crippen LogP contribution in [0.2, 0.25) is 0 Å². The van der Waals surface area contributed by atoms with Crippen LogP contribution in [0.4, 0.5) is 0 Å². The smallest absolute Gasteiger partial charge is 0.123 e. The van der Waals surface area contributed by atoms with Crippen LogP contribution in [0.15, 0.2) is 0 Å². The van der Waals surface area contributed by atoms with Crippen molar-refractivity contribution in [3.63, 3.8) is 0 Å². The topological polar surface area (TPSA) is 34.1 Å². The van der Waals surface area contributed by atoms with Crippen molar-refractivity contribution in [3.8, 4) is 0 Å². The molecule has 2 heterocycles. The van der Waals surface area contributed by atoms with Crippen molar-refractivity contribution in [3.05, 3.63) is 15.6 Å². The van der Waals surface area contributed by atoms with E-state index in [0.717, 1.165) is 24.7 Å². The molecular formula is C13H20N2OS2. The molecule has 2 aliphatic rings. The Kier molecular flexibility index (Phi) is 4.23. The summed E-state index contributed by atoms with van der Waals surface area (Å²) in [5.74, 6) is 2.81. The zero-order valence-corrected chi connectivity index (χ0v) is 12.4. The highest BCUT2D eigenvalue weighted by molar-refractivity contribution is 7.99. The Morgan fingerprint density at radius 3 is 3.22 bits per heavy atom. The minimum absolute atomic E-state index is 0.245. The van der Waals surface area contributed by atoms with Crippen molar-refractivity contribution in [2.75, 3.05) is 31.7 Å². The predicted octanol–water partition coefficient (Wildman–Crippen LogP) is 2.59. The lowest BCUT2D eigenvalue weighted by atomic mass is 9.91. The van der Waals surface area contributed by atoms with Crippen molar-refractivity contribution in [1.29, 1.82) is 0 Å². The van der Waals surface area contributed by atoms with Crippen LogP contribution in [-0.2, 0) is 11.2 Å². The summed E-state index contributed by atoms with van der Waals surface area (Å²) >= 11 is 3.88. The van der Waals surface area contributed by atoms with E-state index in [1.807, 2.05) is 30.1 Å². The zero-order chi connectivity index (χ0) is 12.4. The summed E-state index contributed by atoms with van der Waals surface area (Å²) in [6.07, 6.45) is 4.04. The second-order valence-corrected chi connectivity index (χ2v) is 7.21. The minimum Gasteiger partial charge on any atom is -0.369 e. The number of ether oxygens (including phenoxy) is 1. The summed E-state index contributed by atoms with van der Waals surface area (Å²) in [7, 11) is 2.03. The highest BCUT2D eigenvalue weighted by Crippen LogP contribution is 2.38. The monoisotopic (exact) mass is 284 g/mol. The summed E-state index contributed by atoms with van der Waals surface area (Å²) in [5.41, 5.74) is 1.36. The first-order valence-electron chi connectivity index (χ1n) is 6.72. The van der Waals surface area contributed by atoms with Crippen LogP contribution in [0, 0.1) is 0 Å². The molecule has 0 bridgehead atoms. The van der Waals surface area contributed by atoms with Gasteiger partial charge in [-0.25, -0.2) is 4.98 Å². The van der Waals surface area contributed by atoms with Crippen LogP contribution in [0.5, 0.6) is 0 Å². The number of aromatic nitrogens is 1. The van der Waals surface area contributed by atoms with Gasteiger partial charge >= 0.3 is 0 Å². The fraction of sp³-hybridized carbons (Fsp3) is 0.769. The van der Waals surface area contributed by atoms with E-state index in [2.05, 4.69) is 5.32 Å². The van der Waals surface area contributed by atoms with Crippen LogP contribution in [0.1, 0.15) is 40.4 Å². The Hall–Kier alpha value is -0.100. The zero-order valence-electron chi connectivity index (χ0n) is 10.8. The number of hydrogen-bond acceptors (Lipinski definition) is 5. The van der Waals surface area contributed by atoms with Crippen molar-refractivity contribution >= 4 is 23.1 Å². The van der Waals surface area contributed by atoms with E-state index in [1.165, 1.54) is 34.8 Å². The number of aryl methyl sites for hydroxylation is 1. The molecule has 1 aromatic rings. The van der Waals surface area contributed by atoms with Gasteiger partial charge in [0.2, 0.25) is 0 Å². The highest BCUT2D eigenvalue weighted by Gasteiger charge is 2.27. The summed E-state index contributed by atoms with van der Waals surface area (Å²) in [4.78, 5) is 6.42. The maximum atomic E-state index is 5.85. The quantitative estimate of drug-likeness (QED) is 0.925. The Morgan fingerprint density at radius 2 is 2.44 bits per heavy atom. The molecule has 0 radical (unpaired) electrons. The summed E-state index contributed by atoms with van der Waals surface area (Å²) < 4.78 is 5.85. The van der Waals surface area contributed by atoms with Gasteiger partial charge in [0, 0.05) is 28.8 Å². The van der Waals surface area contributed by atoms with Gasteiger partial charge in [-0.3, -0.25) is 0 Å². The maximum Gasteiger partial charge on any atom is 0.123 e. The molecule has 18 heavy (non-hydrogen) atoms. The largest absolute Gasteiger partial charge is 0.369 e. The van der Waals surface area contributed by atoms with E-state index in [4.69, 9.17) is 9.72 Å². The molecule has 100 valence electrons. The molecule has 1 aliphatic heterocycles. The van der Waals surface area contributed by atoms with E-state index >= 15 is 0 Å². The number of likely N-dealkylation sites (N-methyl/N-ethyl adjacent to an activating group) is 1. The molecule has 0 aromatic carbocycles. The Bertz CT molecular complexity index is 402. The third-order valence-electron chi connectivity index (χ3n) is 3.63. The SMILES string of the molecule is CNCC1CCCc2sc(C3CSCCO3)nc21. The standard InChI is InChI=1S/C13H20N2OS2/c1-14-7-9-3-2-4-11-12(9)15-13(18-11)10-8-17-6-5-16-10/h9-10,14H,2-8H2,1H3. The lowest BCUT2D eigenvalue weighted by Gasteiger charge is -2.21. The van der Waals surface area contributed by atoms with E-state index in [0.29, 0.717) is 5.92 Å². The van der Waals surface area contributed by atoms with Gasteiger partial charge in [-0.05, 0) is 26.3 Å². The minimum atomic E-state index is 0.245. The molecule has 1 aromatic heterocycles. The maximum absolute atomic E-state index is 5.85. The average molecular weight is 284 g/mol. The van der Waals surface area contributed by atoms with Gasteiger partial charge in [0.25, 0.3) is 0 Å². The lowest BCUT2D eigenvalue weighted by molar-refractivity contribution is 0.0754. The van der Waals surface area contributed by atoms with E-state index < -0.39 is 0 Å². The molecule has 1 fully saturated rings. The van der Waals surface area contributed by atoms with Crippen LogP contribution in [0.3, 0.4) is 0 Å². The molecular weight excluding hydrogens is 264 g/mol. The molecule has 2 atom stereocenters. The fourth-order valence-electron chi connectivity index (χ4n) is 2.74. The van der Waals surface area contributed by atoms with E-state index in [1.54, 1.807) is 0 Å². The van der Waals surface area contributed by atoms with E-state index in [9.17, 15) is 0 Å². The van der Waals surface area contributed by atoms with Gasteiger partial charge in [0.05, 0.1) is 12.3 Å². The fourth-order valence-corrected chi connectivity index (χ4v) is 4.94. The molecule has 3 rings (SSSR count). The predicted molar refractivity (Wildman–Crippen MR) is 77.7 cm³/mol. The Balaban J connectivity index is 1.81. The summed E-state index contributed by atoms with van der Waals surface area (Å²) in [6.45, 7) is 1.93. The molecule has 1 saturated heterocycles. The number of nitrogens with one attached hydrogen (secondary N) is 1. The first kappa shape index (κ1) is 12.9. The third kappa shape index (κ3) is 2.59. The van der Waals surface area contributed by atoms with Crippen molar-refractivity contribution in [2.45, 2.75) is 31.3 Å². The number of fused-ring (bicyclic) bond motifs is 1. The van der Waals surface area contributed by atoms with Gasteiger partial charge in [-0.15, -0.1) is 11.3 Å². The van der Waals surface area contributed by atoms with Crippen molar-refractivity contribution in [1.82, 2.24) is 10.3 Å². The molecule has 5 heteroatoms. The van der Waals surface area contributed by atoms with E-state index in [-0.39, 0.29) is 6.10 Å². The van der Waals surface area contributed by atoms with Crippen molar-refractivity contribution in [2.24, 2.45) is 0 Å². The first-order chi connectivity index (χ1) is 8.88. The van der Waals surface area contributed by atoms with Crippen molar-refractivity contribution < 1.29 is 4.74 Å². The van der Waals surface area contributed by atoms with Crippen LogP contribution >= 0.6 is 23.1 Å². The lowest BCUT2D eigenvalue weighted by Crippen LogP contribution is -2.21. The molecule has 0 amide bonds. The molecule has 1 aliphatic carbocycles. The van der Waals surface area contributed by atoms with Crippen LogP contribution in [0.25, 0.3) is 0 Å². The molecule has 0 spiro atoms. The number of nitrogens with zero attached hydrogens (tertiary/aromatic N) is 1. The average Bonchev–Trinajstić information content (AvgIpc) is 2.85. The van der Waals surface area contributed by atoms with Crippen LogP contribution in [-0.4, -0.2) is 36.7 Å². The number of rotatable bonds is 3. The Morgan fingerprint density at radius 1 is 1.50 bits per heavy atom. The number of thioether (sulfide) groups is 1. The molecule has 2 unspecified atom stereocenters. The second kappa shape index (κ2) is 5.90. The van der Waals surface area contributed by atoms with Gasteiger partial charge in [-0.2, -0.15) is 11.8 Å². The van der Waals surface area contributed by atoms with Crippen LogP contribution < -0.4 is 5.32 Å². The highest BCUT2D eigenvalue weighted by atomic mass is 32.2. The number of thiazole rings is 1. The molecule has 3 nitrogen and oxygen atoms in total. The van der Waals surface area contributed by atoms with Gasteiger partial charge < -0.3 is 10.1 Å². The summed E-state index contributed by atoms with van der Waals surface area (Å²) in [5, 5.41) is 4.51. The van der Waals surface area contributed by atoms with Gasteiger partial charge in [0.15, 0.2) is 0 Å². The third-order valence-corrected chi connectivity index (χ3v) is 5.85.